The van der Waals surface area contributed by atoms with E-state index in [4.69, 9.17) is 37.0 Å². The minimum Gasteiger partial charge on any atom is -0.462 e. The standard InChI is InChI=1S/C79H154O17P2/c1-7-11-13-15-17-19-21-23-25-27-29-31-33-35-37-42-49-55-61-76(81)89-67-74(95-78(83)63-57-51-43-38-36-34-32-30-28-26-24-22-20-18-16-14-12-8-2)69-93-97(85,86)91-65-73(80)66-92-98(87,88)94-70-75(68-90-77(82)62-56-50-46-45-48-54-60-72(6)10-4)96-79(84)64-58-52-44-40-39-41-47-53-59-71(5)9-3/h71-75,80H,7-70H2,1-6H3,(H,85,86)(H,87,88)/t71?,72?,73-,74-,75-/m1/s1. The van der Waals surface area contributed by atoms with Crippen LogP contribution in [0.4, 0.5) is 0 Å². The molecule has 0 amide bonds. The maximum Gasteiger partial charge on any atom is 0.472 e. The van der Waals surface area contributed by atoms with Gasteiger partial charge in [-0.2, -0.15) is 0 Å². The van der Waals surface area contributed by atoms with Gasteiger partial charge in [0.15, 0.2) is 12.2 Å². The van der Waals surface area contributed by atoms with Gasteiger partial charge < -0.3 is 33.8 Å². The number of aliphatic hydroxyl groups is 1. The fraction of sp³-hybridized carbons (Fsp3) is 0.949. The molecule has 98 heavy (non-hydrogen) atoms. The van der Waals surface area contributed by atoms with Gasteiger partial charge in [-0.05, 0) is 37.5 Å². The Kier molecular flexibility index (Phi) is 69.3. The van der Waals surface area contributed by atoms with Crippen LogP contribution in [-0.2, 0) is 65.4 Å². The van der Waals surface area contributed by atoms with Crippen LogP contribution < -0.4 is 0 Å². The normalized spacial score (nSPS) is 14.5. The van der Waals surface area contributed by atoms with Crippen LogP contribution in [0.25, 0.3) is 0 Å². The highest BCUT2D eigenvalue weighted by atomic mass is 31.2. The van der Waals surface area contributed by atoms with E-state index in [-0.39, 0.29) is 25.7 Å². The van der Waals surface area contributed by atoms with Gasteiger partial charge in [0.1, 0.15) is 19.3 Å². The first-order chi connectivity index (χ1) is 47.4. The van der Waals surface area contributed by atoms with Gasteiger partial charge in [0, 0.05) is 25.7 Å². The molecule has 0 heterocycles. The zero-order valence-electron chi connectivity index (χ0n) is 64.1. The average molecular weight is 1440 g/mol. The lowest BCUT2D eigenvalue weighted by Gasteiger charge is -2.21. The lowest BCUT2D eigenvalue weighted by Crippen LogP contribution is -2.30. The number of hydrogen-bond donors (Lipinski definition) is 3. The van der Waals surface area contributed by atoms with Crippen LogP contribution >= 0.6 is 15.6 Å². The van der Waals surface area contributed by atoms with Crippen molar-refractivity contribution in [3.8, 4) is 0 Å². The lowest BCUT2D eigenvalue weighted by molar-refractivity contribution is -0.161. The fourth-order valence-electron chi connectivity index (χ4n) is 12.1. The van der Waals surface area contributed by atoms with Crippen LogP contribution in [0.2, 0.25) is 0 Å². The summed E-state index contributed by atoms with van der Waals surface area (Å²) in [6.45, 7) is 9.57. The molecule has 0 bridgehead atoms. The zero-order chi connectivity index (χ0) is 72.1. The van der Waals surface area contributed by atoms with E-state index in [2.05, 4.69) is 41.5 Å². The van der Waals surface area contributed by atoms with Crippen molar-refractivity contribution in [2.45, 2.75) is 432 Å². The zero-order valence-corrected chi connectivity index (χ0v) is 65.9. The van der Waals surface area contributed by atoms with E-state index in [1.807, 2.05) is 0 Å². The summed E-state index contributed by atoms with van der Waals surface area (Å²) in [6, 6.07) is 0. The highest BCUT2D eigenvalue weighted by molar-refractivity contribution is 7.47. The van der Waals surface area contributed by atoms with Crippen molar-refractivity contribution < 1.29 is 80.2 Å². The summed E-state index contributed by atoms with van der Waals surface area (Å²) in [7, 11) is -9.92. The minimum absolute atomic E-state index is 0.104. The molecular weight excluding hydrogens is 1280 g/mol. The number of rotatable bonds is 78. The first kappa shape index (κ1) is 96.1. The van der Waals surface area contributed by atoms with E-state index >= 15 is 0 Å². The summed E-state index contributed by atoms with van der Waals surface area (Å²) in [5.41, 5.74) is 0. The summed E-state index contributed by atoms with van der Waals surface area (Å²) in [5.74, 6) is -0.614. The van der Waals surface area contributed by atoms with Gasteiger partial charge >= 0.3 is 39.5 Å². The van der Waals surface area contributed by atoms with E-state index in [9.17, 15) is 43.2 Å². The number of phosphoric acid groups is 2. The fourth-order valence-corrected chi connectivity index (χ4v) is 13.7. The first-order valence-electron chi connectivity index (χ1n) is 41.1. The largest absolute Gasteiger partial charge is 0.472 e. The van der Waals surface area contributed by atoms with Gasteiger partial charge in [-0.25, -0.2) is 9.13 Å². The molecule has 7 atom stereocenters. The topological polar surface area (TPSA) is 237 Å². The van der Waals surface area contributed by atoms with Crippen molar-refractivity contribution in [3.63, 3.8) is 0 Å². The Morgan fingerprint density at radius 2 is 0.490 bits per heavy atom. The van der Waals surface area contributed by atoms with Gasteiger partial charge in [0.25, 0.3) is 0 Å². The van der Waals surface area contributed by atoms with Gasteiger partial charge in [-0.3, -0.25) is 37.3 Å². The molecule has 0 aromatic carbocycles. The molecule has 0 fully saturated rings. The smallest absolute Gasteiger partial charge is 0.462 e. The quantitative estimate of drug-likeness (QED) is 0.0222. The summed E-state index contributed by atoms with van der Waals surface area (Å²) in [6.07, 6.45) is 59.7. The van der Waals surface area contributed by atoms with E-state index in [1.54, 1.807) is 0 Å². The highest BCUT2D eigenvalue weighted by Crippen LogP contribution is 2.45. The van der Waals surface area contributed by atoms with Crippen LogP contribution in [0.5, 0.6) is 0 Å². The predicted molar refractivity (Wildman–Crippen MR) is 400 cm³/mol. The molecule has 0 saturated carbocycles. The SMILES string of the molecule is CCCCCCCCCCCCCCCCCCCCC(=O)OC[C@H](COP(=O)(O)OC[C@@H](O)COP(=O)(O)OC[C@@H](COC(=O)CCCCCCCCC(C)CC)OC(=O)CCCCCCCCCCC(C)CC)OC(=O)CCCCCCCCCCCCCCCCCCCC. The molecule has 17 nitrogen and oxygen atoms in total. The third-order valence-corrected chi connectivity index (χ3v) is 21.1. The van der Waals surface area contributed by atoms with Crippen LogP contribution in [0.1, 0.15) is 414 Å². The van der Waals surface area contributed by atoms with Gasteiger partial charge in [0.2, 0.25) is 0 Å². The molecule has 0 saturated heterocycles. The first-order valence-corrected chi connectivity index (χ1v) is 44.1. The van der Waals surface area contributed by atoms with Crippen LogP contribution in [0.15, 0.2) is 0 Å². The molecule has 582 valence electrons. The van der Waals surface area contributed by atoms with Crippen LogP contribution in [-0.4, -0.2) is 96.7 Å². The van der Waals surface area contributed by atoms with E-state index < -0.39 is 97.5 Å². The maximum atomic E-state index is 13.1. The van der Waals surface area contributed by atoms with Crippen LogP contribution in [0, 0.1) is 11.8 Å². The molecule has 0 aliphatic rings. The molecule has 19 heteroatoms. The van der Waals surface area contributed by atoms with Gasteiger partial charge in [-0.15, -0.1) is 0 Å². The third-order valence-electron chi connectivity index (χ3n) is 19.2. The number of unbranched alkanes of at least 4 members (excludes halogenated alkanes) is 46. The van der Waals surface area contributed by atoms with Crippen molar-refractivity contribution in [3.05, 3.63) is 0 Å². The Balaban J connectivity index is 5.24. The number of esters is 4. The highest BCUT2D eigenvalue weighted by Gasteiger charge is 2.30. The van der Waals surface area contributed by atoms with Crippen molar-refractivity contribution in [1.29, 1.82) is 0 Å². The van der Waals surface area contributed by atoms with Crippen molar-refractivity contribution >= 4 is 39.5 Å². The van der Waals surface area contributed by atoms with Crippen molar-refractivity contribution in [2.75, 3.05) is 39.6 Å². The number of ether oxygens (including phenoxy) is 4. The second-order valence-corrected chi connectivity index (χ2v) is 31.8. The molecule has 0 aromatic rings. The monoisotopic (exact) mass is 1440 g/mol. The van der Waals surface area contributed by atoms with Gasteiger partial charge in [0.05, 0.1) is 26.4 Å². The Morgan fingerprint density at radius 1 is 0.286 bits per heavy atom. The summed E-state index contributed by atoms with van der Waals surface area (Å²) in [5, 5.41) is 10.6. The third kappa shape index (κ3) is 69.8. The molecule has 0 radical (unpaired) electrons. The summed E-state index contributed by atoms with van der Waals surface area (Å²) >= 11 is 0. The van der Waals surface area contributed by atoms with Crippen molar-refractivity contribution in [1.82, 2.24) is 0 Å². The van der Waals surface area contributed by atoms with E-state index in [0.717, 1.165) is 108 Å². The molecule has 3 N–H and O–H groups in total. The molecule has 0 aliphatic carbocycles. The van der Waals surface area contributed by atoms with Crippen molar-refractivity contribution in [2.24, 2.45) is 11.8 Å². The Hall–Kier alpha value is -1.94. The molecule has 0 rings (SSSR count). The molecular formula is C79H154O17P2. The molecule has 0 aromatic heterocycles. The molecule has 0 spiro atoms. The summed E-state index contributed by atoms with van der Waals surface area (Å²) in [4.78, 5) is 72.9. The minimum atomic E-state index is -4.96. The Morgan fingerprint density at radius 3 is 0.724 bits per heavy atom. The Bertz CT molecular complexity index is 1890. The maximum absolute atomic E-state index is 13.1. The number of aliphatic hydroxyl groups excluding tert-OH is 1. The van der Waals surface area contributed by atoms with Gasteiger partial charge in [-0.1, -0.05) is 363 Å². The second-order valence-electron chi connectivity index (χ2n) is 28.9. The average Bonchev–Trinajstić information content (AvgIpc) is 0.997. The second kappa shape index (κ2) is 70.7. The van der Waals surface area contributed by atoms with E-state index in [1.165, 1.54) is 225 Å². The number of carbonyl (C=O) groups excluding carboxylic acids is 4. The number of phosphoric ester groups is 2. The summed E-state index contributed by atoms with van der Waals surface area (Å²) < 4.78 is 68.6. The predicted octanol–water partition coefficient (Wildman–Crippen LogP) is 23.5. The van der Waals surface area contributed by atoms with Crippen LogP contribution in [0.3, 0.4) is 0 Å². The number of hydrogen-bond acceptors (Lipinski definition) is 15. The molecule has 0 aliphatic heterocycles. The Labute approximate surface area is 600 Å². The molecule has 4 unspecified atom stereocenters. The lowest BCUT2D eigenvalue weighted by atomic mass is 9.99. The number of carbonyl (C=O) groups is 4. The van der Waals surface area contributed by atoms with E-state index in [0.29, 0.717) is 25.7 Å².